The van der Waals surface area contributed by atoms with Crippen LogP contribution in [0.3, 0.4) is 0 Å². The number of carbonyl (C=O) groups is 6. The lowest BCUT2D eigenvalue weighted by Gasteiger charge is -2.25. The first kappa shape index (κ1) is 29.7. The van der Waals surface area contributed by atoms with Crippen molar-refractivity contribution in [1.29, 1.82) is 0 Å². The zero-order valence-corrected chi connectivity index (χ0v) is 18.2. The second kappa shape index (κ2) is 14.7. The number of rotatable bonds is 16. The highest BCUT2D eigenvalue weighted by molar-refractivity contribution is 5.96. The summed E-state index contributed by atoms with van der Waals surface area (Å²) in [5, 5.41) is 33.9. The summed E-state index contributed by atoms with van der Waals surface area (Å²) in [6, 6.07) is -6.05. The molecule has 15 nitrogen and oxygen atoms in total. The van der Waals surface area contributed by atoms with Crippen molar-refractivity contribution >= 4 is 35.6 Å². The van der Waals surface area contributed by atoms with E-state index in [4.69, 9.17) is 27.4 Å². The number of carboxylic acid groups (broad SMARTS) is 2. The molecule has 0 rings (SSSR count). The molecule has 0 heterocycles. The van der Waals surface area contributed by atoms with Crippen molar-refractivity contribution in [1.82, 2.24) is 16.0 Å². The molecule has 15 heteroatoms. The number of aliphatic hydroxyl groups excluding tert-OH is 1. The molecule has 5 atom stereocenters. The topological polar surface area (TPSA) is 277 Å². The van der Waals surface area contributed by atoms with E-state index in [1.54, 1.807) is 0 Å². The number of primary amides is 1. The number of amides is 4. The van der Waals surface area contributed by atoms with Crippen molar-refractivity contribution < 1.29 is 44.1 Å². The van der Waals surface area contributed by atoms with Crippen molar-refractivity contribution in [3.63, 3.8) is 0 Å². The molecule has 5 unspecified atom stereocenters. The number of hydrogen-bond acceptors (Lipinski definition) is 9. The molecule has 0 fully saturated rings. The van der Waals surface area contributed by atoms with Gasteiger partial charge in [0.15, 0.2) is 0 Å². The van der Waals surface area contributed by atoms with Gasteiger partial charge in [-0.1, -0.05) is 0 Å². The Morgan fingerprint density at radius 1 is 0.818 bits per heavy atom. The van der Waals surface area contributed by atoms with E-state index < -0.39 is 78.7 Å². The van der Waals surface area contributed by atoms with Crippen LogP contribution >= 0.6 is 0 Å². The van der Waals surface area contributed by atoms with Gasteiger partial charge in [-0.15, -0.1) is 0 Å². The number of carboxylic acids is 2. The van der Waals surface area contributed by atoms with Crippen molar-refractivity contribution in [2.24, 2.45) is 17.2 Å². The molecule has 0 aliphatic rings. The number of unbranched alkanes of at least 4 members (excludes halogenated alkanes) is 1. The summed E-state index contributed by atoms with van der Waals surface area (Å²) in [7, 11) is 0. The summed E-state index contributed by atoms with van der Waals surface area (Å²) >= 11 is 0. The Labute approximate surface area is 189 Å². The first-order valence-corrected chi connectivity index (χ1v) is 10.1. The van der Waals surface area contributed by atoms with Crippen molar-refractivity contribution in [3.05, 3.63) is 0 Å². The lowest BCUT2D eigenvalue weighted by Crippen LogP contribution is -2.58. The summed E-state index contributed by atoms with van der Waals surface area (Å²) in [6.07, 6.45) is -2.02. The van der Waals surface area contributed by atoms with Gasteiger partial charge in [0.05, 0.1) is 18.9 Å². The fourth-order valence-electron chi connectivity index (χ4n) is 2.58. The fourth-order valence-corrected chi connectivity index (χ4v) is 2.58. The second-order valence-electron chi connectivity index (χ2n) is 7.34. The van der Waals surface area contributed by atoms with E-state index in [1.165, 1.54) is 6.92 Å². The lowest BCUT2D eigenvalue weighted by molar-refractivity contribution is -0.147. The standard InChI is InChI=1S/C18H32N6O9/c1-8(25)14(21)17(31)23-10(6-12(20)26)16(30)22-9(4-2-3-5-19)15(29)24-11(18(32)33)7-13(27)28/h8-11,14,25H,2-7,19,21H2,1H3,(H2,20,26)(H,22,30)(H,23,31)(H,24,29)(H,27,28)(H,32,33). The van der Waals surface area contributed by atoms with E-state index >= 15 is 0 Å². The van der Waals surface area contributed by atoms with Crippen LogP contribution in [-0.4, -0.2) is 87.7 Å². The Balaban J connectivity index is 5.56. The third-order valence-electron chi connectivity index (χ3n) is 4.43. The van der Waals surface area contributed by atoms with Crippen molar-refractivity contribution in [2.45, 2.75) is 69.3 Å². The number of hydrogen-bond donors (Lipinski definition) is 9. The van der Waals surface area contributed by atoms with Gasteiger partial charge in [0.1, 0.15) is 24.2 Å². The van der Waals surface area contributed by atoms with Crippen LogP contribution < -0.4 is 33.2 Å². The first-order chi connectivity index (χ1) is 15.3. The average Bonchev–Trinajstić information content (AvgIpc) is 2.70. The summed E-state index contributed by atoms with van der Waals surface area (Å²) in [4.78, 5) is 70.8. The lowest BCUT2D eigenvalue weighted by atomic mass is 10.1. The maximum Gasteiger partial charge on any atom is 0.326 e. The molecule has 0 saturated carbocycles. The zero-order chi connectivity index (χ0) is 25.7. The Kier molecular flexibility index (Phi) is 13.2. The first-order valence-electron chi connectivity index (χ1n) is 10.1. The fraction of sp³-hybridized carbons (Fsp3) is 0.667. The summed E-state index contributed by atoms with van der Waals surface area (Å²) in [5.74, 6) is -6.97. The van der Waals surface area contributed by atoms with Crippen LogP contribution in [-0.2, 0) is 28.8 Å². The molecule has 0 saturated heterocycles. The Bertz CT molecular complexity index is 730. The number of aliphatic carboxylic acids is 2. The van der Waals surface area contributed by atoms with Gasteiger partial charge in [0.25, 0.3) is 0 Å². The number of nitrogens with one attached hydrogen (secondary N) is 3. The summed E-state index contributed by atoms with van der Waals surface area (Å²) in [5.41, 5.74) is 16.0. The van der Waals surface area contributed by atoms with E-state index in [1.807, 2.05) is 5.32 Å². The Morgan fingerprint density at radius 3 is 1.79 bits per heavy atom. The maximum atomic E-state index is 12.7. The number of carbonyl (C=O) groups excluding carboxylic acids is 4. The number of aliphatic hydroxyl groups is 1. The average molecular weight is 476 g/mol. The SMILES string of the molecule is CC(O)C(N)C(=O)NC(CC(N)=O)C(=O)NC(CCCCN)C(=O)NC(CC(=O)O)C(=O)O. The van der Waals surface area contributed by atoms with Gasteiger partial charge in [-0.3, -0.25) is 24.0 Å². The van der Waals surface area contributed by atoms with Crippen LogP contribution in [0.5, 0.6) is 0 Å². The molecule has 188 valence electrons. The molecule has 4 amide bonds. The number of nitrogens with two attached hydrogens (primary N) is 3. The smallest absolute Gasteiger partial charge is 0.326 e. The van der Waals surface area contributed by atoms with Crippen LogP contribution in [0, 0.1) is 0 Å². The van der Waals surface area contributed by atoms with E-state index in [9.17, 15) is 33.9 Å². The molecular weight excluding hydrogens is 444 g/mol. The minimum absolute atomic E-state index is 0.00138. The molecule has 0 aliphatic carbocycles. The molecule has 0 aromatic heterocycles. The largest absolute Gasteiger partial charge is 0.481 e. The molecule has 0 aromatic rings. The molecular formula is C18H32N6O9. The molecule has 0 aromatic carbocycles. The van der Waals surface area contributed by atoms with Crippen molar-refractivity contribution in [3.8, 4) is 0 Å². The minimum atomic E-state index is -1.76. The third-order valence-corrected chi connectivity index (χ3v) is 4.43. The van der Waals surface area contributed by atoms with E-state index in [0.29, 0.717) is 12.8 Å². The normalized spacial score (nSPS) is 15.3. The zero-order valence-electron chi connectivity index (χ0n) is 18.2. The highest BCUT2D eigenvalue weighted by Crippen LogP contribution is 2.05. The van der Waals surface area contributed by atoms with Gasteiger partial charge < -0.3 is 48.5 Å². The van der Waals surface area contributed by atoms with E-state index in [0.717, 1.165) is 0 Å². The van der Waals surface area contributed by atoms with Crippen LogP contribution in [0.4, 0.5) is 0 Å². The summed E-state index contributed by atoms with van der Waals surface area (Å²) in [6.45, 7) is 1.51. The minimum Gasteiger partial charge on any atom is -0.481 e. The Hall–Kier alpha value is -3.30. The van der Waals surface area contributed by atoms with Gasteiger partial charge in [-0.2, -0.15) is 0 Å². The molecule has 0 spiro atoms. The maximum absolute atomic E-state index is 12.7. The predicted molar refractivity (Wildman–Crippen MR) is 112 cm³/mol. The van der Waals surface area contributed by atoms with E-state index in [2.05, 4.69) is 10.6 Å². The van der Waals surface area contributed by atoms with Crippen LogP contribution in [0.25, 0.3) is 0 Å². The highest BCUT2D eigenvalue weighted by atomic mass is 16.4. The Morgan fingerprint density at radius 2 is 1.33 bits per heavy atom. The van der Waals surface area contributed by atoms with Crippen LogP contribution in [0.15, 0.2) is 0 Å². The molecule has 0 radical (unpaired) electrons. The molecule has 0 bridgehead atoms. The molecule has 12 N–H and O–H groups in total. The van der Waals surface area contributed by atoms with Crippen LogP contribution in [0.1, 0.15) is 39.0 Å². The molecule has 0 aliphatic heterocycles. The summed E-state index contributed by atoms with van der Waals surface area (Å²) < 4.78 is 0. The predicted octanol–water partition coefficient (Wildman–Crippen LogP) is -4.29. The van der Waals surface area contributed by atoms with E-state index in [-0.39, 0.29) is 13.0 Å². The highest BCUT2D eigenvalue weighted by Gasteiger charge is 2.32. The second-order valence-corrected chi connectivity index (χ2v) is 7.34. The quantitative estimate of drug-likeness (QED) is 0.0960. The van der Waals surface area contributed by atoms with Gasteiger partial charge in [0, 0.05) is 0 Å². The monoisotopic (exact) mass is 476 g/mol. The van der Waals surface area contributed by atoms with Crippen molar-refractivity contribution in [2.75, 3.05) is 6.54 Å². The van der Waals surface area contributed by atoms with Gasteiger partial charge in [-0.25, -0.2) is 4.79 Å². The van der Waals surface area contributed by atoms with Gasteiger partial charge in [0.2, 0.25) is 23.6 Å². The van der Waals surface area contributed by atoms with Gasteiger partial charge in [-0.05, 0) is 32.7 Å². The molecule has 33 heavy (non-hydrogen) atoms. The third kappa shape index (κ3) is 11.8. The van der Waals surface area contributed by atoms with Crippen LogP contribution in [0.2, 0.25) is 0 Å². The van der Waals surface area contributed by atoms with Gasteiger partial charge >= 0.3 is 11.9 Å².